The lowest BCUT2D eigenvalue weighted by Crippen LogP contribution is -2.64. The highest BCUT2D eigenvalue weighted by Gasteiger charge is 2.49. The van der Waals surface area contributed by atoms with Crippen molar-refractivity contribution in [3.05, 3.63) is 85.1 Å². The summed E-state index contributed by atoms with van der Waals surface area (Å²) in [5.74, 6) is -4.28. The van der Waals surface area contributed by atoms with E-state index in [0.717, 1.165) is 0 Å². The lowest BCUT2D eigenvalue weighted by atomic mass is 9.87. The number of esters is 1. The highest BCUT2D eigenvalue weighted by molar-refractivity contribution is 6.76. The molecule has 426 valence electrons. The number of aliphatic hydroxyl groups is 10. The standard InChI is InChI=1S/C54H88N2O18Si/c1-33-21-19-17-15-13-11-9-10-12-14-16-18-20-22-41(73-52-51(67)48(50(66)36(4)72-52)56-53(68)70-25-26-75(6,7)8)30-45-47(55-37(5)57)44(63)32-54(69,74-45)31-40(60)28-43(62)42(61)24-23-38(58)27-39(59)29-46(64)71-35(3)34(2)49(33)65/h9-22,33-36,38-45,47-52,58-63,65-67,69H,23-32H2,1-8H3,(H,55,57)(H,56,68)/b10-9+,13-11+,14-12+,17-15+,18-16+,21-19+,22-20+. The van der Waals surface area contributed by atoms with Gasteiger partial charge in [-0.15, -0.1) is 0 Å². The van der Waals surface area contributed by atoms with Gasteiger partial charge in [-0.3, -0.25) is 9.59 Å². The highest BCUT2D eigenvalue weighted by Crippen LogP contribution is 2.35. The summed E-state index contributed by atoms with van der Waals surface area (Å²) >= 11 is 0. The molecule has 19 unspecified atom stereocenters. The fraction of sp³-hybridized carbons (Fsp3) is 0.685. The molecule has 2 amide bonds. The van der Waals surface area contributed by atoms with Crippen molar-refractivity contribution in [3.8, 4) is 0 Å². The van der Waals surface area contributed by atoms with Crippen molar-refractivity contribution in [1.29, 1.82) is 0 Å². The SMILES string of the molecule is CC(=O)NC1C(O)CC2(O)CC(O)CC(O)C(O)CCC(O)CC(O)CC(=O)OC(C)C(C)C(O)C(C)/C=C/C=C/C=C/C=C/C=C/C=C/C=C/C(OC3OC(C)C(O)C(NC(=O)OCC[Si](C)(C)C)C3O)CC1O2. The smallest absolute Gasteiger partial charge is 0.407 e. The van der Waals surface area contributed by atoms with Crippen molar-refractivity contribution in [1.82, 2.24) is 10.6 Å². The molecule has 0 aromatic heterocycles. The summed E-state index contributed by atoms with van der Waals surface area (Å²) in [6, 6.07) is -1.74. The third kappa shape index (κ3) is 24.1. The number of carbonyl (C=O) groups excluding carboxylic acids is 3. The molecular weight excluding hydrogens is 993 g/mol. The molecule has 20 nitrogen and oxygen atoms in total. The summed E-state index contributed by atoms with van der Waals surface area (Å²) in [4.78, 5) is 38.0. The molecule has 3 rings (SSSR count). The number of cyclic esters (lactones) is 1. The van der Waals surface area contributed by atoms with Gasteiger partial charge in [0.15, 0.2) is 12.1 Å². The zero-order valence-electron chi connectivity index (χ0n) is 44.8. The van der Waals surface area contributed by atoms with Crippen LogP contribution in [0.3, 0.4) is 0 Å². The second-order valence-electron chi connectivity index (χ2n) is 21.5. The monoisotopic (exact) mass is 1080 g/mol. The second-order valence-corrected chi connectivity index (χ2v) is 27.1. The topological polar surface area (TPSA) is 324 Å². The van der Waals surface area contributed by atoms with Crippen LogP contribution in [0.25, 0.3) is 0 Å². The van der Waals surface area contributed by atoms with Gasteiger partial charge in [-0.1, -0.05) is 119 Å². The Morgan fingerprint density at radius 1 is 0.667 bits per heavy atom. The average Bonchev–Trinajstić information content (AvgIpc) is 3.30. The molecule has 3 aliphatic heterocycles. The average molecular weight is 1080 g/mol. The minimum absolute atomic E-state index is 0.103. The van der Waals surface area contributed by atoms with Gasteiger partial charge in [0.05, 0.1) is 86.2 Å². The fourth-order valence-corrected chi connectivity index (χ4v) is 9.55. The molecule has 3 aliphatic rings. The quantitative estimate of drug-likeness (QED) is 0.129. The number of ether oxygens (including phenoxy) is 5. The molecule has 21 heteroatoms. The molecule has 0 radical (unpaired) electrons. The molecule has 75 heavy (non-hydrogen) atoms. The number of hydrogen-bond donors (Lipinski definition) is 12. The first kappa shape index (κ1) is 65.4. The van der Waals surface area contributed by atoms with E-state index in [0.29, 0.717) is 6.04 Å². The Morgan fingerprint density at radius 2 is 1.25 bits per heavy atom. The Bertz CT molecular complexity index is 1960. The first-order valence-electron chi connectivity index (χ1n) is 26.1. The van der Waals surface area contributed by atoms with Gasteiger partial charge in [0, 0.05) is 52.5 Å². The molecule has 0 saturated carbocycles. The minimum Gasteiger partial charge on any atom is -0.462 e. The minimum atomic E-state index is -2.26. The van der Waals surface area contributed by atoms with E-state index in [9.17, 15) is 65.4 Å². The molecule has 0 aromatic carbocycles. The van der Waals surface area contributed by atoms with Crippen LogP contribution in [0.2, 0.25) is 25.7 Å². The van der Waals surface area contributed by atoms with Gasteiger partial charge in [-0.2, -0.15) is 0 Å². The molecule has 2 saturated heterocycles. The predicted molar refractivity (Wildman–Crippen MR) is 282 cm³/mol. The number of amides is 2. The number of carbonyl (C=O) groups is 3. The maximum atomic E-state index is 12.9. The van der Waals surface area contributed by atoms with Gasteiger partial charge >= 0.3 is 12.1 Å². The Labute approximate surface area is 443 Å². The number of hydrogen-bond acceptors (Lipinski definition) is 18. The summed E-state index contributed by atoms with van der Waals surface area (Å²) in [6.07, 6.45) is 3.17. The molecule has 12 N–H and O–H groups in total. The van der Waals surface area contributed by atoms with Crippen molar-refractivity contribution in [2.45, 2.75) is 215 Å². The number of alkyl carbamates (subject to hydrolysis) is 1. The Kier molecular flexibility index (Phi) is 28.0. The molecule has 2 bridgehead atoms. The maximum Gasteiger partial charge on any atom is 0.407 e. The zero-order chi connectivity index (χ0) is 56.0. The second kappa shape index (κ2) is 32.1. The van der Waals surface area contributed by atoms with Crippen LogP contribution in [0.1, 0.15) is 86.0 Å². The van der Waals surface area contributed by atoms with Crippen LogP contribution in [0.15, 0.2) is 85.1 Å². The third-order valence-electron chi connectivity index (χ3n) is 13.4. The first-order chi connectivity index (χ1) is 35.2. The van der Waals surface area contributed by atoms with E-state index in [1.54, 1.807) is 68.5 Å². The molecule has 2 fully saturated rings. The third-order valence-corrected chi connectivity index (χ3v) is 15.1. The summed E-state index contributed by atoms with van der Waals surface area (Å²) in [5.41, 5.74) is 0. The normalized spacial score (nSPS) is 41.1. The van der Waals surface area contributed by atoms with Crippen LogP contribution >= 0.6 is 0 Å². The summed E-state index contributed by atoms with van der Waals surface area (Å²) in [7, 11) is -1.55. The molecule has 0 spiro atoms. The van der Waals surface area contributed by atoms with Gasteiger partial charge in [-0.25, -0.2) is 4.79 Å². The lowest BCUT2D eigenvalue weighted by Gasteiger charge is -2.46. The van der Waals surface area contributed by atoms with Gasteiger partial charge in [0.2, 0.25) is 5.91 Å². The van der Waals surface area contributed by atoms with Gasteiger partial charge < -0.3 is 85.4 Å². The first-order valence-corrected chi connectivity index (χ1v) is 29.8. The maximum absolute atomic E-state index is 12.9. The molecular formula is C54H88N2O18Si. The molecule has 0 aromatic rings. The van der Waals surface area contributed by atoms with E-state index in [2.05, 4.69) is 30.3 Å². The number of fused-ring (bicyclic) bond motifs is 2. The van der Waals surface area contributed by atoms with Crippen LogP contribution in [0.5, 0.6) is 0 Å². The van der Waals surface area contributed by atoms with Crippen LogP contribution < -0.4 is 10.6 Å². The zero-order valence-corrected chi connectivity index (χ0v) is 45.8. The molecule has 3 heterocycles. The summed E-state index contributed by atoms with van der Waals surface area (Å²) in [5, 5.41) is 116. The Balaban J connectivity index is 1.93. The van der Waals surface area contributed by atoms with E-state index >= 15 is 0 Å². The number of aliphatic hydroxyl groups excluding tert-OH is 9. The molecule has 0 aliphatic carbocycles. The summed E-state index contributed by atoms with van der Waals surface area (Å²) in [6.45, 7) is 14.5. The summed E-state index contributed by atoms with van der Waals surface area (Å²) < 4.78 is 29.3. The Hall–Kier alpha value is -3.91. The van der Waals surface area contributed by atoms with E-state index in [4.69, 9.17) is 23.7 Å². The van der Waals surface area contributed by atoms with E-state index in [1.165, 1.54) is 13.8 Å². The van der Waals surface area contributed by atoms with Crippen molar-refractivity contribution < 1.29 is 89.1 Å². The Morgan fingerprint density at radius 3 is 1.84 bits per heavy atom. The number of nitrogens with one attached hydrogen (secondary N) is 2. The number of allylic oxidation sites excluding steroid dienone is 12. The van der Waals surface area contributed by atoms with Crippen LogP contribution in [0.4, 0.5) is 4.79 Å². The largest absolute Gasteiger partial charge is 0.462 e. The van der Waals surface area contributed by atoms with Crippen molar-refractivity contribution >= 4 is 26.0 Å². The number of rotatable bonds is 7. The van der Waals surface area contributed by atoms with Crippen molar-refractivity contribution in [3.63, 3.8) is 0 Å². The van der Waals surface area contributed by atoms with Crippen LogP contribution in [-0.2, 0) is 33.3 Å². The van der Waals surface area contributed by atoms with Gasteiger partial charge in [0.25, 0.3) is 0 Å². The fourth-order valence-electron chi connectivity index (χ4n) is 8.83. The van der Waals surface area contributed by atoms with Crippen LogP contribution in [-0.4, -0.2) is 187 Å². The molecule has 19 atom stereocenters. The van der Waals surface area contributed by atoms with Gasteiger partial charge in [0.1, 0.15) is 18.3 Å². The van der Waals surface area contributed by atoms with Gasteiger partial charge in [-0.05, 0) is 39.2 Å². The van der Waals surface area contributed by atoms with Crippen molar-refractivity contribution in [2.24, 2.45) is 11.8 Å². The van der Waals surface area contributed by atoms with E-state index in [1.807, 2.05) is 37.3 Å². The lowest BCUT2D eigenvalue weighted by molar-refractivity contribution is -0.303. The van der Waals surface area contributed by atoms with E-state index < -0.39 is 161 Å². The van der Waals surface area contributed by atoms with Crippen molar-refractivity contribution in [2.75, 3.05) is 6.61 Å². The predicted octanol–water partition coefficient (Wildman–Crippen LogP) is 2.62. The highest BCUT2D eigenvalue weighted by atomic mass is 28.3. The van der Waals surface area contributed by atoms with E-state index in [-0.39, 0.29) is 38.2 Å². The van der Waals surface area contributed by atoms with Crippen LogP contribution in [0, 0.1) is 11.8 Å².